The van der Waals surface area contributed by atoms with Gasteiger partial charge in [-0.15, -0.1) is 13.2 Å². The summed E-state index contributed by atoms with van der Waals surface area (Å²) in [6, 6.07) is 10.3. The quantitative estimate of drug-likeness (QED) is 0.388. The second-order valence-electron chi connectivity index (χ2n) is 9.26. The predicted octanol–water partition coefficient (Wildman–Crippen LogP) is 3.60. The number of halogens is 3. The summed E-state index contributed by atoms with van der Waals surface area (Å²) in [4.78, 5) is 33.7. The average molecular weight is 562 g/mol. The van der Waals surface area contributed by atoms with Gasteiger partial charge in [0.25, 0.3) is 0 Å². The van der Waals surface area contributed by atoms with Crippen molar-refractivity contribution in [3.63, 3.8) is 0 Å². The van der Waals surface area contributed by atoms with E-state index in [-0.39, 0.29) is 30.2 Å². The summed E-state index contributed by atoms with van der Waals surface area (Å²) in [5, 5.41) is 2.39. The first-order valence-corrected chi connectivity index (χ1v) is 12.3. The van der Waals surface area contributed by atoms with Crippen molar-refractivity contribution in [3.05, 3.63) is 54.5 Å². The number of ether oxygens (including phenoxy) is 4. The fraction of sp³-hybridized carbons (Fsp3) is 0.346. The summed E-state index contributed by atoms with van der Waals surface area (Å²) in [6.07, 6.45) is -3.66. The molecule has 0 saturated carbocycles. The second kappa shape index (κ2) is 10.7. The predicted molar refractivity (Wildman–Crippen MR) is 135 cm³/mol. The molecule has 11 nitrogen and oxygen atoms in total. The highest BCUT2D eigenvalue weighted by atomic mass is 19.4. The summed E-state index contributed by atoms with van der Waals surface area (Å²) in [6.45, 7) is 0.677. The Balaban J connectivity index is 1.37. The number of benzene rings is 2. The number of amides is 2. The van der Waals surface area contributed by atoms with Gasteiger partial charge in [0.2, 0.25) is 5.91 Å². The fourth-order valence-electron chi connectivity index (χ4n) is 4.84. The number of imidazole rings is 1. The maximum Gasteiger partial charge on any atom is 0.573 e. The number of anilines is 1. The lowest BCUT2D eigenvalue weighted by Crippen LogP contribution is -2.42. The van der Waals surface area contributed by atoms with E-state index in [1.807, 2.05) is 0 Å². The van der Waals surface area contributed by atoms with Crippen molar-refractivity contribution >= 4 is 17.7 Å². The lowest BCUT2D eigenvalue weighted by molar-refractivity contribution is -0.274. The number of rotatable bonds is 6. The minimum absolute atomic E-state index is 0.139. The van der Waals surface area contributed by atoms with Gasteiger partial charge in [0, 0.05) is 23.7 Å². The van der Waals surface area contributed by atoms with E-state index >= 15 is 0 Å². The van der Waals surface area contributed by atoms with Gasteiger partial charge in [-0.1, -0.05) is 24.3 Å². The van der Waals surface area contributed by atoms with Crippen molar-refractivity contribution in [2.75, 3.05) is 39.1 Å². The van der Waals surface area contributed by atoms with Crippen molar-refractivity contribution in [3.8, 4) is 28.1 Å². The maximum atomic E-state index is 13.0. The standard InChI is InChI=1S/C26H26F3N5O6/c1-37-24(36)32-13-22(35)34-14-25(38-8-9-39-25)11-20(34)23-31-12-19(33-23)16-4-2-15(3-5-16)18-7-6-17(30)10-21(18)40-26(27,28)29/h2-7,10,12,20H,8-9,11,13-14,30H2,1H3,(H,31,33)(H,32,36). The van der Waals surface area contributed by atoms with E-state index in [0.29, 0.717) is 42.3 Å². The van der Waals surface area contributed by atoms with Crippen molar-refractivity contribution in [2.45, 2.75) is 24.6 Å². The van der Waals surface area contributed by atoms with Gasteiger partial charge in [0.05, 0.1) is 44.8 Å². The Morgan fingerprint density at radius 3 is 2.55 bits per heavy atom. The number of H-pyrrole nitrogens is 1. The molecule has 0 radical (unpaired) electrons. The highest BCUT2D eigenvalue weighted by molar-refractivity contribution is 5.83. The number of nitrogens with two attached hydrogens (primary N) is 1. The molecule has 2 aliphatic heterocycles. The number of carbonyl (C=O) groups excluding carboxylic acids is 2. The van der Waals surface area contributed by atoms with Crippen LogP contribution in [0.25, 0.3) is 22.4 Å². The van der Waals surface area contributed by atoms with E-state index in [2.05, 4.69) is 24.8 Å². The zero-order valence-electron chi connectivity index (χ0n) is 21.3. The lowest BCUT2D eigenvalue weighted by Gasteiger charge is -2.23. The SMILES string of the molecule is COC(=O)NCC(=O)N1CC2(CC1c1ncc(-c3ccc(-c4ccc(N)cc4OC(F)(F)F)cc3)[nH]1)OCCO2. The first-order valence-electron chi connectivity index (χ1n) is 12.3. The topological polar surface area (TPSA) is 141 Å². The summed E-state index contributed by atoms with van der Waals surface area (Å²) in [5.74, 6) is -1.24. The summed E-state index contributed by atoms with van der Waals surface area (Å²) >= 11 is 0. The Labute approximate surface area is 226 Å². The van der Waals surface area contributed by atoms with Crippen LogP contribution in [-0.2, 0) is 19.0 Å². The first kappa shape index (κ1) is 27.3. The van der Waals surface area contributed by atoms with Crippen LogP contribution in [0.15, 0.2) is 48.7 Å². The molecule has 3 heterocycles. The minimum atomic E-state index is -4.87. The van der Waals surface area contributed by atoms with Gasteiger partial charge in [-0.2, -0.15) is 0 Å². The van der Waals surface area contributed by atoms with Crippen LogP contribution in [0.3, 0.4) is 0 Å². The molecular weight excluding hydrogens is 535 g/mol. The Kier molecular flexibility index (Phi) is 7.29. The van der Waals surface area contributed by atoms with Crippen LogP contribution < -0.4 is 15.8 Å². The van der Waals surface area contributed by atoms with Gasteiger partial charge in [-0.05, 0) is 23.3 Å². The van der Waals surface area contributed by atoms with Crippen LogP contribution >= 0.6 is 0 Å². The Hall–Kier alpha value is -4.30. The van der Waals surface area contributed by atoms with Crippen LogP contribution in [0.4, 0.5) is 23.7 Å². The monoisotopic (exact) mass is 561 g/mol. The van der Waals surface area contributed by atoms with Gasteiger partial charge in [-0.25, -0.2) is 9.78 Å². The number of alkyl halides is 3. The minimum Gasteiger partial charge on any atom is -0.453 e. The van der Waals surface area contributed by atoms with Crippen molar-refractivity contribution in [2.24, 2.45) is 0 Å². The number of hydrogen-bond acceptors (Lipinski definition) is 8. The van der Waals surface area contributed by atoms with Gasteiger partial charge in [0.1, 0.15) is 18.1 Å². The third-order valence-corrected chi connectivity index (χ3v) is 6.64. The normalized spacial score (nSPS) is 18.2. The Bertz CT molecular complexity index is 1390. The number of hydrogen-bond donors (Lipinski definition) is 3. The molecule has 4 N–H and O–H groups in total. The zero-order chi connectivity index (χ0) is 28.5. The van der Waals surface area contributed by atoms with Crippen molar-refractivity contribution in [1.82, 2.24) is 20.2 Å². The molecule has 3 aromatic rings. The molecule has 1 aromatic heterocycles. The van der Waals surface area contributed by atoms with E-state index in [9.17, 15) is 22.8 Å². The molecule has 1 unspecified atom stereocenters. The molecule has 2 amide bonds. The molecule has 40 heavy (non-hydrogen) atoms. The molecule has 212 valence electrons. The van der Waals surface area contributed by atoms with Gasteiger partial charge < -0.3 is 39.9 Å². The molecule has 2 fully saturated rings. The number of nitrogens with one attached hydrogen (secondary N) is 2. The number of likely N-dealkylation sites (tertiary alicyclic amines) is 1. The lowest BCUT2D eigenvalue weighted by atomic mass is 10.0. The highest BCUT2D eigenvalue weighted by Crippen LogP contribution is 2.42. The van der Waals surface area contributed by atoms with Crippen LogP contribution in [0.1, 0.15) is 18.3 Å². The summed E-state index contributed by atoms with van der Waals surface area (Å²) in [7, 11) is 1.20. The molecule has 14 heteroatoms. The van der Waals surface area contributed by atoms with E-state index in [4.69, 9.17) is 15.2 Å². The van der Waals surface area contributed by atoms with Gasteiger partial charge in [-0.3, -0.25) is 4.79 Å². The molecule has 1 spiro atoms. The van der Waals surface area contributed by atoms with Crippen LogP contribution in [0, 0.1) is 0 Å². The molecule has 2 aromatic carbocycles. The third kappa shape index (κ3) is 5.82. The highest BCUT2D eigenvalue weighted by Gasteiger charge is 2.51. The average Bonchev–Trinajstić information content (AvgIpc) is 3.67. The smallest absolute Gasteiger partial charge is 0.453 e. The molecule has 0 aliphatic carbocycles. The van der Waals surface area contributed by atoms with Crippen molar-refractivity contribution in [1.29, 1.82) is 0 Å². The molecule has 2 aliphatic rings. The number of nitrogen functional groups attached to an aromatic ring is 1. The molecule has 5 rings (SSSR count). The van der Waals surface area contributed by atoms with Crippen molar-refractivity contribution < 1.29 is 41.7 Å². The number of aromatic amines is 1. The van der Waals surface area contributed by atoms with Gasteiger partial charge >= 0.3 is 12.5 Å². The van der Waals surface area contributed by atoms with E-state index in [0.717, 1.165) is 6.07 Å². The third-order valence-electron chi connectivity index (χ3n) is 6.64. The number of carbonyl (C=O) groups is 2. The molecule has 1 atom stereocenters. The largest absolute Gasteiger partial charge is 0.573 e. The number of methoxy groups -OCH3 is 1. The Morgan fingerprint density at radius 1 is 1.18 bits per heavy atom. The summed E-state index contributed by atoms with van der Waals surface area (Å²) in [5.41, 5.74) is 7.85. The second-order valence-corrected chi connectivity index (χ2v) is 9.26. The molecule has 2 saturated heterocycles. The van der Waals surface area contributed by atoms with Crippen LogP contribution in [0.2, 0.25) is 0 Å². The number of alkyl carbamates (subject to hydrolysis) is 1. The number of aromatic nitrogens is 2. The molecular formula is C26H26F3N5O6. The van der Waals surface area contributed by atoms with E-state index < -0.39 is 30.0 Å². The van der Waals surface area contributed by atoms with Crippen LogP contribution in [-0.4, -0.2) is 72.4 Å². The van der Waals surface area contributed by atoms with Crippen LogP contribution in [0.5, 0.6) is 5.75 Å². The number of nitrogens with zero attached hydrogens (tertiary/aromatic N) is 2. The van der Waals surface area contributed by atoms with E-state index in [1.165, 1.54) is 24.1 Å². The first-order chi connectivity index (χ1) is 19.1. The maximum absolute atomic E-state index is 13.0. The Morgan fingerprint density at radius 2 is 1.88 bits per heavy atom. The van der Waals surface area contributed by atoms with E-state index in [1.54, 1.807) is 30.5 Å². The zero-order valence-corrected chi connectivity index (χ0v) is 21.3. The fourth-order valence-corrected chi connectivity index (χ4v) is 4.84. The molecule has 0 bridgehead atoms. The van der Waals surface area contributed by atoms with Gasteiger partial charge in [0.15, 0.2) is 5.79 Å². The summed E-state index contributed by atoms with van der Waals surface area (Å²) < 4.78 is 59.1.